The molecule has 0 radical (unpaired) electrons. The van der Waals surface area contributed by atoms with Crippen molar-refractivity contribution < 1.29 is 22.3 Å². The highest BCUT2D eigenvalue weighted by atomic mass is 35.5. The largest absolute Gasteiger partial charge is 0.380 e. The van der Waals surface area contributed by atoms with Gasteiger partial charge in [-0.15, -0.1) is 0 Å². The second-order valence-electron chi connectivity index (χ2n) is 6.34. The zero-order chi connectivity index (χ0) is 21.7. The van der Waals surface area contributed by atoms with E-state index in [0.717, 1.165) is 29.8 Å². The van der Waals surface area contributed by atoms with Crippen LogP contribution in [0.4, 0.5) is 15.8 Å². The van der Waals surface area contributed by atoms with Gasteiger partial charge in [-0.1, -0.05) is 23.7 Å². The molecule has 0 aromatic heterocycles. The Kier molecular flexibility index (Phi) is 6.71. The van der Waals surface area contributed by atoms with Crippen molar-refractivity contribution in [1.82, 2.24) is 0 Å². The minimum atomic E-state index is -4.01. The van der Waals surface area contributed by atoms with E-state index in [1.165, 1.54) is 18.2 Å². The van der Waals surface area contributed by atoms with Crippen LogP contribution < -0.4 is 10.0 Å². The molecule has 0 unspecified atom stereocenters. The average molecular weight is 449 g/mol. The van der Waals surface area contributed by atoms with Gasteiger partial charge in [-0.05, 0) is 60.2 Å². The Balaban J connectivity index is 1.81. The normalized spacial score (nSPS) is 11.2. The van der Waals surface area contributed by atoms with Gasteiger partial charge in [0, 0.05) is 18.4 Å². The Morgan fingerprint density at radius 2 is 1.80 bits per heavy atom. The van der Waals surface area contributed by atoms with Crippen molar-refractivity contribution in [1.29, 1.82) is 0 Å². The van der Waals surface area contributed by atoms with Crippen molar-refractivity contribution in [2.75, 3.05) is 17.1 Å². The van der Waals surface area contributed by atoms with Gasteiger partial charge in [0.15, 0.2) is 0 Å². The molecule has 0 atom stereocenters. The molecule has 0 aliphatic rings. The molecule has 0 aliphatic carbocycles. The molecule has 3 rings (SSSR count). The van der Waals surface area contributed by atoms with Gasteiger partial charge in [0.05, 0.1) is 22.2 Å². The molecule has 0 bridgehead atoms. The smallest absolute Gasteiger partial charge is 0.261 e. The Bertz CT molecular complexity index is 1170. The maximum absolute atomic E-state index is 13.1. The van der Waals surface area contributed by atoms with Crippen molar-refractivity contribution in [3.8, 4) is 0 Å². The molecular weight excluding hydrogens is 431 g/mol. The van der Waals surface area contributed by atoms with Crippen LogP contribution >= 0.6 is 11.6 Å². The van der Waals surface area contributed by atoms with Crippen LogP contribution in [-0.4, -0.2) is 21.4 Å². The highest BCUT2D eigenvalue weighted by molar-refractivity contribution is 7.92. The van der Waals surface area contributed by atoms with Crippen LogP contribution in [0.1, 0.15) is 15.9 Å². The second-order valence-corrected chi connectivity index (χ2v) is 8.43. The van der Waals surface area contributed by atoms with Crippen molar-refractivity contribution in [3.05, 3.63) is 88.7 Å². The number of amides is 1. The summed E-state index contributed by atoms with van der Waals surface area (Å²) in [5, 5.41) is 2.86. The minimum Gasteiger partial charge on any atom is -0.380 e. The van der Waals surface area contributed by atoms with Gasteiger partial charge in [-0.2, -0.15) is 0 Å². The molecular formula is C21H18ClFN2O4S. The molecule has 30 heavy (non-hydrogen) atoms. The van der Waals surface area contributed by atoms with Crippen molar-refractivity contribution in [2.45, 2.75) is 11.5 Å². The van der Waals surface area contributed by atoms with E-state index in [-0.39, 0.29) is 21.2 Å². The van der Waals surface area contributed by atoms with E-state index in [4.69, 9.17) is 16.3 Å². The SMILES string of the molecule is COCc1cccc(NC(=O)c2ccc(Cl)c(NS(=O)(=O)c3ccc(F)cc3)c2)c1. The summed E-state index contributed by atoms with van der Waals surface area (Å²) < 4.78 is 45.5. The maximum atomic E-state index is 13.1. The van der Waals surface area contributed by atoms with Crippen LogP contribution in [0.3, 0.4) is 0 Å². The van der Waals surface area contributed by atoms with Gasteiger partial charge in [-0.3, -0.25) is 9.52 Å². The van der Waals surface area contributed by atoms with Gasteiger partial charge in [0.2, 0.25) is 0 Å². The summed E-state index contributed by atoms with van der Waals surface area (Å²) in [4.78, 5) is 12.5. The van der Waals surface area contributed by atoms with Crippen LogP contribution in [-0.2, 0) is 21.4 Å². The monoisotopic (exact) mass is 448 g/mol. The third kappa shape index (κ3) is 5.35. The van der Waals surface area contributed by atoms with Gasteiger partial charge in [-0.25, -0.2) is 12.8 Å². The summed E-state index contributed by atoms with van der Waals surface area (Å²) >= 11 is 6.10. The molecule has 1 amide bonds. The molecule has 0 saturated heterocycles. The van der Waals surface area contributed by atoms with E-state index < -0.39 is 21.7 Å². The standard InChI is InChI=1S/C21H18ClFN2O4S/c1-29-13-14-3-2-4-17(11-14)24-21(26)15-5-10-19(22)20(12-15)25-30(27,28)18-8-6-16(23)7-9-18/h2-12,25H,13H2,1H3,(H,24,26). The number of hydrogen-bond donors (Lipinski definition) is 2. The van der Waals surface area contributed by atoms with Gasteiger partial charge >= 0.3 is 0 Å². The fourth-order valence-electron chi connectivity index (χ4n) is 2.67. The lowest BCUT2D eigenvalue weighted by molar-refractivity contribution is 0.102. The van der Waals surface area contributed by atoms with Gasteiger partial charge in [0.1, 0.15) is 5.82 Å². The lowest BCUT2D eigenvalue weighted by Gasteiger charge is -2.12. The van der Waals surface area contributed by atoms with Crippen molar-refractivity contribution in [2.24, 2.45) is 0 Å². The maximum Gasteiger partial charge on any atom is 0.261 e. The Hall–Kier alpha value is -2.94. The molecule has 9 heteroatoms. The fourth-order valence-corrected chi connectivity index (χ4v) is 3.96. The van der Waals surface area contributed by atoms with Gasteiger partial charge < -0.3 is 10.1 Å². The average Bonchev–Trinajstić information content (AvgIpc) is 2.70. The molecule has 6 nitrogen and oxygen atoms in total. The quantitative estimate of drug-likeness (QED) is 0.549. The zero-order valence-corrected chi connectivity index (χ0v) is 17.4. The Morgan fingerprint density at radius 3 is 2.50 bits per heavy atom. The van der Waals surface area contributed by atoms with Gasteiger partial charge in [0.25, 0.3) is 15.9 Å². The predicted molar refractivity (Wildman–Crippen MR) is 114 cm³/mol. The number of methoxy groups -OCH3 is 1. The first-order valence-corrected chi connectivity index (χ1v) is 10.6. The summed E-state index contributed by atoms with van der Waals surface area (Å²) in [6.07, 6.45) is 0. The molecule has 0 aliphatic heterocycles. The van der Waals surface area contributed by atoms with E-state index in [0.29, 0.717) is 12.3 Å². The molecule has 0 heterocycles. The number of nitrogens with one attached hydrogen (secondary N) is 2. The zero-order valence-electron chi connectivity index (χ0n) is 15.9. The molecule has 0 fully saturated rings. The number of ether oxygens (including phenoxy) is 1. The fraction of sp³-hybridized carbons (Fsp3) is 0.0952. The lowest BCUT2D eigenvalue weighted by atomic mass is 10.1. The number of carbonyl (C=O) groups excluding carboxylic acids is 1. The number of anilines is 2. The molecule has 0 saturated carbocycles. The number of carbonyl (C=O) groups is 1. The summed E-state index contributed by atoms with van der Waals surface area (Å²) in [7, 11) is -2.44. The second kappa shape index (κ2) is 9.25. The number of rotatable bonds is 7. The minimum absolute atomic E-state index is 0.0294. The molecule has 0 spiro atoms. The van der Waals surface area contributed by atoms with E-state index in [1.54, 1.807) is 25.3 Å². The number of hydrogen-bond acceptors (Lipinski definition) is 4. The predicted octanol–water partition coefficient (Wildman–Crippen LogP) is 4.68. The summed E-state index contributed by atoms with van der Waals surface area (Å²) in [5.74, 6) is -0.997. The van der Waals surface area contributed by atoms with Crippen LogP contribution in [0.2, 0.25) is 5.02 Å². The van der Waals surface area contributed by atoms with E-state index in [9.17, 15) is 17.6 Å². The summed E-state index contributed by atoms with van der Waals surface area (Å²) in [6.45, 7) is 0.403. The molecule has 2 N–H and O–H groups in total. The Morgan fingerprint density at radius 1 is 1.07 bits per heavy atom. The third-order valence-corrected chi connectivity index (χ3v) is 5.80. The highest BCUT2D eigenvalue weighted by Crippen LogP contribution is 2.26. The van der Waals surface area contributed by atoms with Crippen LogP contribution in [0.25, 0.3) is 0 Å². The number of benzene rings is 3. The van der Waals surface area contributed by atoms with E-state index >= 15 is 0 Å². The lowest BCUT2D eigenvalue weighted by Crippen LogP contribution is -2.15. The van der Waals surface area contributed by atoms with Crippen molar-refractivity contribution >= 4 is 38.9 Å². The van der Waals surface area contributed by atoms with Crippen LogP contribution in [0, 0.1) is 5.82 Å². The summed E-state index contributed by atoms with van der Waals surface area (Å²) in [5.41, 5.74) is 1.69. The Labute approximate surface area is 178 Å². The number of sulfonamides is 1. The molecule has 156 valence electrons. The first-order chi connectivity index (χ1) is 14.3. The first kappa shape index (κ1) is 21.8. The van der Waals surface area contributed by atoms with E-state index in [1.807, 2.05) is 6.07 Å². The first-order valence-electron chi connectivity index (χ1n) is 8.75. The molecule has 3 aromatic carbocycles. The van der Waals surface area contributed by atoms with Crippen molar-refractivity contribution in [3.63, 3.8) is 0 Å². The van der Waals surface area contributed by atoms with Crippen LogP contribution in [0.5, 0.6) is 0 Å². The topological polar surface area (TPSA) is 84.5 Å². The summed E-state index contributed by atoms with van der Waals surface area (Å²) in [6, 6.07) is 15.7. The highest BCUT2D eigenvalue weighted by Gasteiger charge is 2.17. The molecule has 3 aromatic rings. The third-order valence-electron chi connectivity index (χ3n) is 4.09. The number of halogens is 2. The van der Waals surface area contributed by atoms with E-state index in [2.05, 4.69) is 10.0 Å². The van der Waals surface area contributed by atoms with Crippen LogP contribution in [0.15, 0.2) is 71.6 Å².